The summed E-state index contributed by atoms with van der Waals surface area (Å²) in [5.41, 5.74) is 3.60. The maximum absolute atomic E-state index is 12.8. The molecular weight excluding hydrogens is 354 g/mol. The minimum Gasteiger partial charge on any atom is -0.348 e. The molecule has 3 amide bonds. The van der Waals surface area contributed by atoms with Crippen molar-refractivity contribution in [2.75, 3.05) is 6.54 Å². The molecule has 6 nitrogen and oxygen atoms in total. The first-order valence-corrected chi connectivity index (χ1v) is 9.78. The van der Waals surface area contributed by atoms with E-state index >= 15 is 0 Å². The number of imide groups is 1. The van der Waals surface area contributed by atoms with Crippen molar-refractivity contribution in [3.63, 3.8) is 0 Å². The molecule has 0 aliphatic carbocycles. The number of Topliss-reactive ketones (excluding diaryl/α,β-unsaturated/α-hetero) is 1. The number of nitrogens with one attached hydrogen (secondary N) is 1. The predicted octanol–water partition coefficient (Wildman–Crippen LogP) is 3.25. The van der Waals surface area contributed by atoms with E-state index in [1.165, 1.54) is 0 Å². The highest BCUT2D eigenvalue weighted by Gasteiger charge is 2.38. The van der Waals surface area contributed by atoms with E-state index in [1.807, 2.05) is 50.2 Å². The number of rotatable bonds is 8. The molecule has 3 rings (SSSR count). The van der Waals surface area contributed by atoms with Gasteiger partial charge in [-0.3, -0.25) is 14.5 Å². The standard InChI is InChI=1S/C22H27N3O3/c1-4-12-24-15(2)13-18(16(24)3)20(26)14-25-21(27)19(23-22(25)28)11-10-17-8-6-5-7-9-17/h5-9,13,19H,4,10-12,14H2,1-3H3,(H,23,28)/t19-/m1/s1. The van der Waals surface area contributed by atoms with Gasteiger partial charge in [-0.05, 0) is 44.7 Å². The van der Waals surface area contributed by atoms with Gasteiger partial charge in [0.05, 0.1) is 6.54 Å². The molecule has 2 heterocycles. The molecule has 0 radical (unpaired) electrons. The summed E-state index contributed by atoms with van der Waals surface area (Å²) in [5, 5.41) is 2.71. The summed E-state index contributed by atoms with van der Waals surface area (Å²) in [4.78, 5) is 38.7. The van der Waals surface area contributed by atoms with Crippen molar-refractivity contribution in [2.45, 2.75) is 52.6 Å². The number of hydrogen-bond acceptors (Lipinski definition) is 3. The second-order valence-electron chi connectivity index (χ2n) is 7.31. The molecule has 6 heteroatoms. The molecule has 1 atom stereocenters. The van der Waals surface area contributed by atoms with Crippen LogP contribution in [0.5, 0.6) is 0 Å². The van der Waals surface area contributed by atoms with Crippen LogP contribution in [-0.2, 0) is 17.8 Å². The lowest BCUT2D eigenvalue weighted by Gasteiger charge is -2.13. The number of hydrogen-bond donors (Lipinski definition) is 1. The average molecular weight is 381 g/mol. The van der Waals surface area contributed by atoms with E-state index < -0.39 is 12.1 Å². The quantitative estimate of drug-likeness (QED) is 0.564. The van der Waals surface area contributed by atoms with E-state index in [4.69, 9.17) is 0 Å². The van der Waals surface area contributed by atoms with Crippen LogP contribution in [-0.4, -0.2) is 39.8 Å². The Hall–Kier alpha value is -2.89. The van der Waals surface area contributed by atoms with Gasteiger partial charge in [-0.15, -0.1) is 0 Å². The summed E-state index contributed by atoms with van der Waals surface area (Å²) in [6.07, 6.45) is 2.18. The van der Waals surface area contributed by atoms with Crippen LogP contribution in [0.4, 0.5) is 4.79 Å². The Labute approximate surface area is 165 Å². The Kier molecular flexibility index (Phi) is 5.97. The van der Waals surface area contributed by atoms with Crippen LogP contribution in [0.25, 0.3) is 0 Å². The van der Waals surface area contributed by atoms with E-state index in [-0.39, 0.29) is 18.2 Å². The van der Waals surface area contributed by atoms with Gasteiger partial charge in [-0.2, -0.15) is 0 Å². The van der Waals surface area contributed by atoms with Gasteiger partial charge in [0, 0.05) is 23.5 Å². The van der Waals surface area contributed by atoms with Crippen molar-refractivity contribution >= 4 is 17.7 Å². The van der Waals surface area contributed by atoms with Gasteiger partial charge in [0.25, 0.3) is 5.91 Å². The molecule has 1 saturated heterocycles. The van der Waals surface area contributed by atoms with Crippen LogP contribution in [0.2, 0.25) is 0 Å². The summed E-state index contributed by atoms with van der Waals surface area (Å²) in [6.45, 7) is 6.58. The van der Waals surface area contributed by atoms with Crippen molar-refractivity contribution < 1.29 is 14.4 Å². The Morgan fingerprint density at radius 3 is 2.54 bits per heavy atom. The van der Waals surface area contributed by atoms with Gasteiger partial charge in [0.2, 0.25) is 0 Å². The highest BCUT2D eigenvalue weighted by Crippen LogP contribution is 2.19. The Morgan fingerprint density at radius 2 is 1.86 bits per heavy atom. The number of amides is 3. The minimum absolute atomic E-state index is 0.206. The summed E-state index contributed by atoms with van der Waals surface area (Å²) in [6, 6.07) is 10.6. The van der Waals surface area contributed by atoms with Gasteiger partial charge < -0.3 is 9.88 Å². The van der Waals surface area contributed by atoms with Crippen molar-refractivity contribution in [3.8, 4) is 0 Å². The molecule has 0 unspecified atom stereocenters. The third-order valence-corrected chi connectivity index (χ3v) is 5.29. The third-order valence-electron chi connectivity index (χ3n) is 5.29. The Morgan fingerprint density at radius 1 is 1.14 bits per heavy atom. The second-order valence-corrected chi connectivity index (χ2v) is 7.31. The zero-order valence-corrected chi connectivity index (χ0v) is 16.7. The SMILES string of the molecule is CCCn1c(C)cc(C(=O)CN2C(=O)N[C@H](CCc3ccccc3)C2=O)c1C. The fraction of sp³-hybridized carbons (Fsp3) is 0.409. The predicted molar refractivity (Wildman–Crippen MR) is 107 cm³/mol. The molecule has 1 aromatic heterocycles. The number of carbonyl (C=O) groups excluding carboxylic acids is 3. The Bertz CT molecular complexity index is 886. The highest BCUT2D eigenvalue weighted by molar-refractivity contribution is 6.09. The normalized spacial score (nSPS) is 16.5. The first-order valence-electron chi connectivity index (χ1n) is 9.78. The molecule has 0 spiro atoms. The average Bonchev–Trinajstić information content (AvgIpc) is 3.12. The molecular formula is C22H27N3O3. The third kappa shape index (κ3) is 4.01. The fourth-order valence-corrected chi connectivity index (χ4v) is 3.76. The number of benzene rings is 1. The summed E-state index contributed by atoms with van der Waals surface area (Å²) in [5.74, 6) is -0.528. The molecule has 148 valence electrons. The number of nitrogens with zero attached hydrogens (tertiary/aromatic N) is 2. The number of carbonyl (C=O) groups is 3. The van der Waals surface area contributed by atoms with Gasteiger partial charge >= 0.3 is 6.03 Å². The first-order chi connectivity index (χ1) is 13.4. The van der Waals surface area contributed by atoms with Crippen LogP contribution in [0.15, 0.2) is 36.4 Å². The van der Waals surface area contributed by atoms with Crippen molar-refractivity contribution in [1.82, 2.24) is 14.8 Å². The second kappa shape index (κ2) is 8.42. The van der Waals surface area contributed by atoms with Crippen LogP contribution in [0.1, 0.15) is 47.1 Å². The zero-order chi connectivity index (χ0) is 20.3. The van der Waals surface area contributed by atoms with E-state index in [2.05, 4.69) is 16.8 Å². The fourth-order valence-electron chi connectivity index (χ4n) is 3.76. The summed E-state index contributed by atoms with van der Waals surface area (Å²) < 4.78 is 2.10. The highest BCUT2D eigenvalue weighted by atomic mass is 16.2. The number of urea groups is 1. The molecule has 0 saturated carbocycles. The lowest BCUT2D eigenvalue weighted by molar-refractivity contribution is -0.127. The van der Waals surface area contributed by atoms with Crippen molar-refractivity contribution in [3.05, 3.63) is 58.9 Å². The number of ketones is 1. The van der Waals surface area contributed by atoms with Crippen molar-refractivity contribution in [2.24, 2.45) is 0 Å². The van der Waals surface area contributed by atoms with Crippen LogP contribution in [0.3, 0.4) is 0 Å². The first kappa shape index (κ1) is 19.9. The van der Waals surface area contributed by atoms with E-state index in [0.717, 1.165) is 34.8 Å². The number of aryl methyl sites for hydroxylation is 2. The van der Waals surface area contributed by atoms with E-state index in [1.54, 1.807) is 0 Å². The number of aromatic nitrogens is 1. The summed E-state index contributed by atoms with van der Waals surface area (Å²) >= 11 is 0. The summed E-state index contributed by atoms with van der Waals surface area (Å²) in [7, 11) is 0. The van der Waals surface area contributed by atoms with Gasteiger partial charge in [-0.25, -0.2) is 4.79 Å². The molecule has 1 aliphatic heterocycles. The molecule has 1 aliphatic rings. The van der Waals surface area contributed by atoms with Gasteiger partial charge in [-0.1, -0.05) is 37.3 Å². The topological polar surface area (TPSA) is 71.4 Å². The molecule has 1 fully saturated rings. The van der Waals surface area contributed by atoms with E-state index in [0.29, 0.717) is 18.4 Å². The largest absolute Gasteiger partial charge is 0.348 e. The van der Waals surface area contributed by atoms with Crippen LogP contribution in [0, 0.1) is 13.8 Å². The van der Waals surface area contributed by atoms with Crippen molar-refractivity contribution in [1.29, 1.82) is 0 Å². The molecule has 2 aromatic rings. The maximum atomic E-state index is 12.8. The molecule has 28 heavy (non-hydrogen) atoms. The van der Waals surface area contributed by atoms with Gasteiger partial charge in [0.15, 0.2) is 5.78 Å². The molecule has 1 aromatic carbocycles. The van der Waals surface area contributed by atoms with Gasteiger partial charge in [0.1, 0.15) is 6.04 Å². The lowest BCUT2D eigenvalue weighted by atomic mass is 10.1. The lowest BCUT2D eigenvalue weighted by Crippen LogP contribution is -2.36. The molecule has 1 N–H and O–H groups in total. The van der Waals surface area contributed by atoms with E-state index in [9.17, 15) is 14.4 Å². The Balaban J connectivity index is 1.65. The zero-order valence-electron chi connectivity index (χ0n) is 16.7. The molecule has 0 bridgehead atoms. The minimum atomic E-state index is -0.576. The van der Waals surface area contributed by atoms with Crippen LogP contribution >= 0.6 is 0 Å². The maximum Gasteiger partial charge on any atom is 0.325 e. The monoisotopic (exact) mass is 381 g/mol. The van der Waals surface area contributed by atoms with Crippen LogP contribution < -0.4 is 5.32 Å². The smallest absolute Gasteiger partial charge is 0.325 e.